The molecule has 4 heterocycles. The number of aryl methyl sites for hydroxylation is 2. The zero-order valence-corrected chi connectivity index (χ0v) is 31.9. The molecule has 6 rings (SSSR count). The Kier molecular flexibility index (Phi) is 12.1. The highest BCUT2D eigenvalue weighted by Gasteiger charge is 2.34. The van der Waals surface area contributed by atoms with E-state index in [1.54, 1.807) is 19.1 Å². The van der Waals surface area contributed by atoms with Crippen LogP contribution in [0.3, 0.4) is 0 Å². The summed E-state index contributed by atoms with van der Waals surface area (Å²) in [6, 6.07) is 10.9. The molecule has 2 aliphatic rings. The first-order valence-electron chi connectivity index (χ1n) is 17.5. The lowest BCUT2D eigenvalue weighted by atomic mass is 10.0. The lowest BCUT2D eigenvalue weighted by molar-refractivity contribution is -0.136. The minimum Gasteiger partial charge on any atom is -0.354 e. The van der Waals surface area contributed by atoms with Crippen LogP contribution in [-0.4, -0.2) is 106 Å². The summed E-state index contributed by atoms with van der Waals surface area (Å²) < 4.78 is 0. The zero-order chi connectivity index (χ0) is 39.2. The number of halogens is 1. The Bertz CT molecular complexity index is 2130. The highest BCUT2D eigenvalue weighted by atomic mass is 35.5. The molecule has 1 atom stereocenters. The van der Waals surface area contributed by atoms with Crippen LogP contribution in [0, 0.1) is 13.8 Å². The number of amides is 5. The van der Waals surface area contributed by atoms with E-state index in [0.29, 0.717) is 71.4 Å². The number of aromatic nitrogens is 3. The van der Waals surface area contributed by atoms with Crippen molar-refractivity contribution < 1.29 is 28.8 Å². The maximum atomic E-state index is 13.5. The Morgan fingerprint density at radius 1 is 1.05 bits per heavy atom. The van der Waals surface area contributed by atoms with Crippen molar-refractivity contribution in [3.05, 3.63) is 81.1 Å². The Labute approximate surface area is 325 Å². The summed E-state index contributed by atoms with van der Waals surface area (Å²) in [4.78, 5) is 94.9. The Morgan fingerprint density at radius 3 is 2.55 bits per heavy atom. The molecule has 0 aliphatic carbocycles. The first kappa shape index (κ1) is 38.9. The third-order valence-electron chi connectivity index (χ3n) is 9.31. The normalized spacial score (nSPS) is 15.9. The van der Waals surface area contributed by atoms with Gasteiger partial charge in [-0.1, -0.05) is 47.2 Å². The van der Waals surface area contributed by atoms with Crippen LogP contribution in [0.2, 0.25) is 5.02 Å². The molecule has 2 aromatic carbocycles. The lowest BCUT2D eigenvalue weighted by Crippen LogP contribution is -2.53. The first-order valence-corrected chi connectivity index (χ1v) is 18.7. The third-order valence-corrected chi connectivity index (χ3v) is 10.5. The van der Waals surface area contributed by atoms with E-state index in [1.807, 2.05) is 25.1 Å². The van der Waals surface area contributed by atoms with Crippen molar-refractivity contribution in [2.24, 2.45) is 0 Å². The molecule has 0 saturated carbocycles. The van der Waals surface area contributed by atoms with Crippen LogP contribution in [-0.2, 0) is 14.4 Å². The van der Waals surface area contributed by atoms with Gasteiger partial charge >= 0.3 is 0 Å². The molecule has 2 saturated heterocycles. The maximum Gasteiger partial charge on any atom is 0.267 e. The number of piperazine rings is 1. The second-order valence-electron chi connectivity index (χ2n) is 13.1. The average molecular weight is 787 g/mol. The molecule has 55 heavy (non-hydrogen) atoms. The minimum absolute atomic E-state index is 0.0232. The molecule has 0 bridgehead atoms. The number of aldehydes is 1. The number of carbonyl (C=O) groups excluding carboxylic acids is 6. The summed E-state index contributed by atoms with van der Waals surface area (Å²) in [6.07, 6.45) is 2.39. The predicted molar refractivity (Wildman–Crippen MR) is 208 cm³/mol. The van der Waals surface area contributed by atoms with Gasteiger partial charge in [0.05, 0.1) is 28.2 Å². The summed E-state index contributed by atoms with van der Waals surface area (Å²) in [5.74, 6) is -0.465. The Morgan fingerprint density at radius 2 is 1.82 bits per heavy atom. The topological polar surface area (TPSA) is 199 Å². The highest BCUT2D eigenvalue weighted by Crippen LogP contribution is 2.29. The first-order chi connectivity index (χ1) is 26.4. The van der Waals surface area contributed by atoms with Crippen LogP contribution >= 0.6 is 22.9 Å². The van der Waals surface area contributed by atoms with Gasteiger partial charge in [-0.25, -0.2) is 15.0 Å². The van der Waals surface area contributed by atoms with Gasteiger partial charge in [0.2, 0.25) is 17.7 Å². The standard InChI is InChI=1S/C37H39ClN10O6S/c1-21-6-4-8-24(38)33(21)45-35(53)27-19-39-37(55-27)43-28-18-29(41-22(2)40-28)48-16-14-47(15-17-48)13-12-31(51)42-25-9-5-7-23(20-49)32(25)36(54)46(3)26-10-11-30(50)44-34(26)52/h4-9,18-20,26H,10-17H2,1-3H3,(H,42,51)(H,45,53)(H,44,50,52)(H,39,40,41,43). The fraction of sp³-hybridized carbons (Fsp3) is 0.324. The molecule has 18 heteroatoms. The van der Waals surface area contributed by atoms with Crippen molar-refractivity contribution in [1.82, 2.24) is 30.1 Å². The molecule has 1 unspecified atom stereocenters. The van der Waals surface area contributed by atoms with Crippen LogP contribution in [0.1, 0.15) is 61.0 Å². The SMILES string of the molecule is Cc1nc(Nc2ncc(C(=O)Nc3c(C)cccc3Cl)s2)cc(N2CCN(CCC(=O)Nc3cccc(C=O)c3C(=O)N(C)C3CCC(=O)NC3=O)CC2)n1. The molecule has 2 aliphatic heterocycles. The van der Waals surface area contributed by atoms with Gasteiger partial charge in [0.15, 0.2) is 11.4 Å². The number of likely N-dealkylation sites (N-methyl/N-ethyl adjacent to an activating group) is 1. The fourth-order valence-corrected chi connectivity index (χ4v) is 7.33. The number of benzene rings is 2. The Hall–Kier alpha value is -5.78. The van der Waals surface area contributed by atoms with Gasteiger partial charge in [-0.05, 0) is 38.0 Å². The van der Waals surface area contributed by atoms with E-state index in [-0.39, 0.29) is 47.9 Å². The molecule has 0 spiro atoms. The smallest absolute Gasteiger partial charge is 0.267 e. The van der Waals surface area contributed by atoms with Gasteiger partial charge in [0, 0.05) is 64.2 Å². The van der Waals surface area contributed by atoms with E-state index in [9.17, 15) is 28.8 Å². The lowest BCUT2D eigenvalue weighted by Gasteiger charge is -2.35. The van der Waals surface area contributed by atoms with Crippen LogP contribution in [0.15, 0.2) is 48.7 Å². The molecule has 16 nitrogen and oxygen atoms in total. The molecule has 2 fully saturated rings. The quantitative estimate of drug-likeness (QED) is 0.119. The van der Waals surface area contributed by atoms with Crippen molar-refractivity contribution in [3.63, 3.8) is 0 Å². The third kappa shape index (κ3) is 9.30. The summed E-state index contributed by atoms with van der Waals surface area (Å²) >= 11 is 7.46. The summed E-state index contributed by atoms with van der Waals surface area (Å²) in [5.41, 5.74) is 1.61. The molecule has 286 valence electrons. The number of hydrogen-bond donors (Lipinski definition) is 4. The van der Waals surface area contributed by atoms with E-state index in [0.717, 1.165) is 11.4 Å². The van der Waals surface area contributed by atoms with Crippen molar-refractivity contribution in [2.75, 3.05) is 60.6 Å². The van der Waals surface area contributed by atoms with Crippen molar-refractivity contribution >= 4 is 86.9 Å². The van der Waals surface area contributed by atoms with E-state index < -0.39 is 23.8 Å². The fourth-order valence-electron chi connectivity index (χ4n) is 6.34. The van der Waals surface area contributed by atoms with Gasteiger partial charge < -0.3 is 25.8 Å². The molecule has 4 N–H and O–H groups in total. The molecule has 0 radical (unpaired) electrons. The zero-order valence-electron chi connectivity index (χ0n) is 30.3. The monoisotopic (exact) mass is 786 g/mol. The predicted octanol–water partition coefficient (Wildman–Crippen LogP) is 4.04. The van der Waals surface area contributed by atoms with Crippen LogP contribution in [0.5, 0.6) is 0 Å². The number of para-hydroxylation sites is 1. The van der Waals surface area contributed by atoms with Crippen molar-refractivity contribution in [3.8, 4) is 0 Å². The number of anilines is 5. The number of piperidine rings is 1. The average Bonchev–Trinajstić information content (AvgIpc) is 3.63. The summed E-state index contributed by atoms with van der Waals surface area (Å²) in [7, 11) is 1.43. The van der Waals surface area contributed by atoms with Crippen molar-refractivity contribution in [1.29, 1.82) is 0 Å². The van der Waals surface area contributed by atoms with Gasteiger partial charge in [0.1, 0.15) is 28.4 Å². The Balaban J connectivity index is 1.02. The van der Waals surface area contributed by atoms with E-state index in [2.05, 4.69) is 46.0 Å². The second-order valence-corrected chi connectivity index (χ2v) is 14.5. The number of nitrogens with zero attached hydrogens (tertiary/aromatic N) is 6. The second kappa shape index (κ2) is 17.1. The molecular formula is C37H39ClN10O6S. The van der Waals surface area contributed by atoms with Gasteiger partial charge in [-0.2, -0.15) is 0 Å². The van der Waals surface area contributed by atoms with E-state index in [4.69, 9.17) is 11.6 Å². The van der Waals surface area contributed by atoms with Crippen LogP contribution < -0.4 is 26.2 Å². The number of thiazole rings is 1. The number of carbonyl (C=O) groups is 6. The molecule has 4 aromatic rings. The van der Waals surface area contributed by atoms with Gasteiger partial charge in [0.25, 0.3) is 11.8 Å². The summed E-state index contributed by atoms with van der Waals surface area (Å²) in [6.45, 7) is 6.74. The maximum absolute atomic E-state index is 13.5. The number of nitrogens with one attached hydrogen (secondary N) is 4. The molecular weight excluding hydrogens is 748 g/mol. The van der Waals surface area contributed by atoms with Crippen LogP contribution in [0.25, 0.3) is 0 Å². The number of rotatable bonds is 12. The van der Waals surface area contributed by atoms with E-state index >= 15 is 0 Å². The largest absolute Gasteiger partial charge is 0.354 e. The van der Waals surface area contributed by atoms with Gasteiger partial charge in [-0.15, -0.1) is 0 Å². The number of hydrogen-bond acceptors (Lipinski definition) is 13. The molecule has 5 amide bonds. The van der Waals surface area contributed by atoms with Crippen molar-refractivity contribution in [2.45, 2.75) is 39.2 Å². The van der Waals surface area contributed by atoms with Crippen LogP contribution in [0.4, 0.5) is 28.1 Å². The summed E-state index contributed by atoms with van der Waals surface area (Å²) in [5, 5.41) is 12.0. The number of imide groups is 1. The molecule has 2 aromatic heterocycles. The highest BCUT2D eigenvalue weighted by molar-refractivity contribution is 7.17. The minimum atomic E-state index is -0.891. The van der Waals surface area contributed by atoms with E-state index in [1.165, 1.54) is 41.6 Å². The van der Waals surface area contributed by atoms with Gasteiger partial charge in [-0.3, -0.25) is 39.0 Å².